The molecule has 0 unspecified atom stereocenters. The van der Waals surface area contributed by atoms with Crippen LogP contribution in [0.3, 0.4) is 0 Å². The van der Waals surface area contributed by atoms with Gasteiger partial charge in [0.2, 0.25) is 5.91 Å². The van der Waals surface area contributed by atoms with Crippen molar-refractivity contribution < 1.29 is 14.3 Å². The number of amides is 1. The fourth-order valence-electron chi connectivity index (χ4n) is 3.39. The third-order valence-corrected chi connectivity index (χ3v) is 4.99. The number of carbonyl (C=O) groups excluding carboxylic acids is 2. The molecule has 0 radical (unpaired) electrons. The molecule has 25 heavy (non-hydrogen) atoms. The molecular formula is C19H25N3O3. The molecule has 3 rings (SSSR count). The second-order valence-corrected chi connectivity index (χ2v) is 6.62. The number of rotatable bonds is 4. The van der Waals surface area contributed by atoms with Crippen molar-refractivity contribution in [3.05, 3.63) is 29.6 Å². The molecule has 1 aliphatic rings. The molecule has 1 aromatic carbocycles. The summed E-state index contributed by atoms with van der Waals surface area (Å²) in [6, 6.07) is 6.00. The van der Waals surface area contributed by atoms with E-state index in [-0.39, 0.29) is 17.8 Å². The zero-order valence-electron chi connectivity index (χ0n) is 15.1. The molecule has 0 N–H and O–H groups in total. The van der Waals surface area contributed by atoms with Crippen LogP contribution in [0.2, 0.25) is 0 Å². The fourth-order valence-corrected chi connectivity index (χ4v) is 3.39. The van der Waals surface area contributed by atoms with Crippen LogP contribution in [0.25, 0.3) is 11.0 Å². The van der Waals surface area contributed by atoms with Crippen LogP contribution in [0, 0.1) is 12.8 Å². The Kier molecular flexibility index (Phi) is 5.06. The number of fused-ring (bicyclic) bond motifs is 1. The van der Waals surface area contributed by atoms with Crippen LogP contribution in [0.5, 0.6) is 0 Å². The zero-order valence-corrected chi connectivity index (χ0v) is 15.1. The van der Waals surface area contributed by atoms with Gasteiger partial charge in [0, 0.05) is 20.1 Å². The number of ether oxygens (including phenoxy) is 1. The molecule has 0 saturated carbocycles. The number of nitrogens with zero attached hydrogens (tertiary/aromatic N) is 3. The number of benzene rings is 1. The molecule has 6 heteroatoms. The Balaban J connectivity index is 1.60. The van der Waals surface area contributed by atoms with E-state index in [9.17, 15) is 9.59 Å². The monoisotopic (exact) mass is 343 g/mol. The van der Waals surface area contributed by atoms with E-state index < -0.39 is 0 Å². The van der Waals surface area contributed by atoms with E-state index in [2.05, 4.69) is 4.98 Å². The topological polar surface area (TPSA) is 64.4 Å². The smallest absolute Gasteiger partial charge is 0.309 e. The minimum Gasteiger partial charge on any atom is -0.466 e. The Morgan fingerprint density at radius 2 is 2.00 bits per heavy atom. The summed E-state index contributed by atoms with van der Waals surface area (Å²) in [7, 11) is 1.99. The van der Waals surface area contributed by atoms with Gasteiger partial charge >= 0.3 is 5.97 Å². The van der Waals surface area contributed by atoms with Gasteiger partial charge in [0.1, 0.15) is 5.82 Å². The van der Waals surface area contributed by atoms with Gasteiger partial charge in [-0.3, -0.25) is 9.59 Å². The van der Waals surface area contributed by atoms with Gasteiger partial charge in [-0.05, 0) is 44.4 Å². The molecule has 0 bridgehead atoms. The SMILES string of the molecule is CCOC(=O)C1CCN(C(=O)Cc2ccc3c(c2)nc(C)n3C)CC1. The van der Waals surface area contributed by atoms with Crippen molar-refractivity contribution in [1.29, 1.82) is 0 Å². The van der Waals surface area contributed by atoms with E-state index in [4.69, 9.17) is 4.74 Å². The predicted molar refractivity (Wildman–Crippen MR) is 95.1 cm³/mol. The largest absolute Gasteiger partial charge is 0.466 e. The van der Waals surface area contributed by atoms with Gasteiger partial charge in [-0.25, -0.2) is 4.98 Å². The zero-order chi connectivity index (χ0) is 18.0. The molecule has 1 aromatic heterocycles. The van der Waals surface area contributed by atoms with Gasteiger partial charge in [-0.1, -0.05) is 6.07 Å². The second-order valence-electron chi connectivity index (χ2n) is 6.62. The van der Waals surface area contributed by atoms with Crippen molar-refractivity contribution in [2.45, 2.75) is 33.1 Å². The molecule has 6 nitrogen and oxygen atoms in total. The molecule has 1 amide bonds. The number of esters is 1. The first-order valence-electron chi connectivity index (χ1n) is 8.86. The molecule has 0 aliphatic carbocycles. The average molecular weight is 343 g/mol. The second kappa shape index (κ2) is 7.25. The molecule has 1 saturated heterocycles. The van der Waals surface area contributed by atoms with Gasteiger partial charge in [0.15, 0.2) is 0 Å². The van der Waals surface area contributed by atoms with Crippen LogP contribution in [-0.2, 0) is 27.8 Å². The standard InChI is InChI=1S/C19H25N3O3/c1-4-25-19(24)15-7-9-22(10-8-15)18(23)12-14-5-6-17-16(11-14)20-13(2)21(17)3/h5-6,11,15H,4,7-10,12H2,1-3H3. The number of hydrogen-bond acceptors (Lipinski definition) is 4. The summed E-state index contributed by atoms with van der Waals surface area (Å²) in [5.41, 5.74) is 2.97. The Morgan fingerprint density at radius 3 is 2.68 bits per heavy atom. The van der Waals surface area contributed by atoms with E-state index in [1.165, 1.54) is 0 Å². The number of carbonyl (C=O) groups is 2. The number of likely N-dealkylation sites (tertiary alicyclic amines) is 1. The summed E-state index contributed by atoms with van der Waals surface area (Å²) >= 11 is 0. The highest BCUT2D eigenvalue weighted by Gasteiger charge is 2.28. The lowest BCUT2D eigenvalue weighted by Crippen LogP contribution is -2.41. The number of aromatic nitrogens is 2. The van der Waals surface area contributed by atoms with Crippen LogP contribution >= 0.6 is 0 Å². The molecule has 1 fully saturated rings. The Labute approximate surface area is 147 Å². The summed E-state index contributed by atoms with van der Waals surface area (Å²) in [5, 5.41) is 0. The molecule has 134 valence electrons. The van der Waals surface area contributed by atoms with Gasteiger partial charge in [0.25, 0.3) is 0 Å². The molecular weight excluding hydrogens is 318 g/mol. The number of imidazole rings is 1. The van der Waals surface area contributed by atoms with Crippen molar-refractivity contribution in [2.75, 3.05) is 19.7 Å². The van der Waals surface area contributed by atoms with Gasteiger partial charge in [-0.15, -0.1) is 0 Å². The summed E-state index contributed by atoms with van der Waals surface area (Å²) in [4.78, 5) is 30.7. The van der Waals surface area contributed by atoms with Crippen molar-refractivity contribution in [3.8, 4) is 0 Å². The molecule has 1 aliphatic heterocycles. The van der Waals surface area contributed by atoms with E-state index >= 15 is 0 Å². The first-order valence-corrected chi connectivity index (χ1v) is 8.86. The first kappa shape index (κ1) is 17.5. The van der Waals surface area contributed by atoms with Crippen molar-refractivity contribution >= 4 is 22.9 Å². The molecule has 0 atom stereocenters. The Hall–Kier alpha value is -2.37. The van der Waals surface area contributed by atoms with Gasteiger partial charge in [-0.2, -0.15) is 0 Å². The molecule has 2 aromatic rings. The quantitative estimate of drug-likeness (QED) is 0.799. The van der Waals surface area contributed by atoms with Gasteiger partial charge in [0.05, 0.1) is 30.0 Å². The highest BCUT2D eigenvalue weighted by Crippen LogP contribution is 2.21. The third-order valence-electron chi connectivity index (χ3n) is 4.99. The lowest BCUT2D eigenvalue weighted by Gasteiger charge is -2.31. The normalized spacial score (nSPS) is 15.6. The predicted octanol–water partition coefficient (Wildman–Crippen LogP) is 2.23. The van der Waals surface area contributed by atoms with E-state index in [0.29, 0.717) is 39.0 Å². The van der Waals surface area contributed by atoms with Gasteiger partial charge < -0.3 is 14.2 Å². The first-order chi connectivity index (χ1) is 12.0. The summed E-state index contributed by atoms with van der Waals surface area (Å²) < 4.78 is 7.12. The molecule has 2 heterocycles. The lowest BCUT2D eigenvalue weighted by molar-refractivity contribution is -0.151. The third kappa shape index (κ3) is 3.67. The maximum Gasteiger partial charge on any atom is 0.309 e. The Bertz CT molecular complexity index is 789. The summed E-state index contributed by atoms with van der Waals surface area (Å²) in [6.45, 7) is 5.43. The maximum atomic E-state index is 12.6. The van der Waals surface area contributed by atoms with E-state index in [1.54, 1.807) is 0 Å². The van der Waals surface area contributed by atoms with Crippen LogP contribution in [0.4, 0.5) is 0 Å². The number of hydrogen-bond donors (Lipinski definition) is 0. The lowest BCUT2D eigenvalue weighted by atomic mass is 9.96. The van der Waals surface area contributed by atoms with E-state index in [0.717, 1.165) is 22.4 Å². The summed E-state index contributed by atoms with van der Waals surface area (Å²) in [6.07, 6.45) is 1.74. The Morgan fingerprint density at radius 1 is 1.28 bits per heavy atom. The number of piperidine rings is 1. The van der Waals surface area contributed by atoms with Crippen molar-refractivity contribution in [2.24, 2.45) is 13.0 Å². The average Bonchev–Trinajstić information content (AvgIpc) is 2.89. The van der Waals surface area contributed by atoms with Crippen LogP contribution in [0.1, 0.15) is 31.2 Å². The minimum absolute atomic E-state index is 0.0724. The highest BCUT2D eigenvalue weighted by molar-refractivity contribution is 5.82. The number of aryl methyl sites for hydroxylation is 2. The highest BCUT2D eigenvalue weighted by atomic mass is 16.5. The van der Waals surface area contributed by atoms with E-state index in [1.807, 2.05) is 48.6 Å². The minimum atomic E-state index is -0.134. The summed E-state index contributed by atoms with van der Waals surface area (Å²) in [5.74, 6) is 0.858. The van der Waals surface area contributed by atoms with Crippen molar-refractivity contribution in [1.82, 2.24) is 14.5 Å². The van der Waals surface area contributed by atoms with Crippen molar-refractivity contribution in [3.63, 3.8) is 0 Å². The van der Waals surface area contributed by atoms with Crippen LogP contribution in [-0.4, -0.2) is 46.0 Å². The maximum absolute atomic E-state index is 12.6. The molecule has 0 spiro atoms. The van der Waals surface area contributed by atoms with Crippen LogP contribution in [0.15, 0.2) is 18.2 Å². The van der Waals surface area contributed by atoms with Crippen LogP contribution < -0.4 is 0 Å². The fraction of sp³-hybridized carbons (Fsp3) is 0.526.